The third-order valence-electron chi connectivity index (χ3n) is 4.91. The van der Waals surface area contributed by atoms with Crippen LogP contribution in [0, 0.1) is 12.7 Å². The topological polar surface area (TPSA) is 94.3 Å². The lowest BCUT2D eigenvalue weighted by atomic mass is 10.1. The Hall–Kier alpha value is -3.68. The average Bonchev–Trinajstić information content (AvgIpc) is 3.21. The Morgan fingerprint density at radius 1 is 1.21 bits per heavy atom. The smallest absolute Gasteiger partial charge is 0.325 e. The van der Waals surface area contributed by atoms with Crippen LogP contribution in [-0.2, 0) is 16.0 Å². The highest BCUT2D eigenvalue weighted by Gasteiger charge is 2.39. The first-order valence-electron chi connectivity index (χ1n) is 9.15. The zero-order valence-corrected chi connectivity index (χ0v) is 15.7. The third-order valence-corrected chi connectivity index (χ3v) is 4.91. The second kappa shape index (κ2) is 7.38. The molecule has 1 aromatic heterocycles. The number of aromatic nitrogens is 1. The molecule has 4 rings (SSSR count). The number of nitrogens with zero attached hydrogens (tertiary/aromatic N) is 1. The summed E-state index contributed by atoms with van der Waals surface area (Å²) in [6, 6.07) is 10.7. The van der Waals surface area contributed by atoms with Crippen molar-refractivity contribution in [3.8, 4) is 0 Å². The second-order valence-corrected chi connectivity index (χ2v) is 7.02. The van der Waals surface area contributed by atoms with Gasteiger partial charge in [-0.3, -0.25) is 14.5 Å². The van der Waals surface area contributed by atoms with Crippen LogP contribution < -0.4 is 10.6 Å². The molecule has 4 amide bonds. The van der Waals surface area contributed by atoms with Gasteiger partial charge < -0.3 is 15.6 Å². The molecule has 1 unspecified atom stereocenters. The van der Waals surface area contributed by atoms with E-state index in [0.717, 1.165) is 26.9 Å². The second-order valence-electron chi connectivity index (χ2n) is 7.02. The maximum atomic E-state index is 13.9. The molecule has 0 aliphatic carbocycles. The number of hydrogen-bond acceptors (Lipinski definition) is 3. The van der Waals surface area contributed by atoms with Crippen molar-refractivity contribution in [2.24, 2.45) is 0 Å². The fourth-order valence-corrected chi connectivity index (χ4v) is 3.44. The molecule has 1 fully saturated rings. The van der Waals surface area contributed by atoms with E-state index >= 15 is 0 Å². The molecule has 8 heteroatoms. The number of hydrogen-bond donors (Lipinski definition) is 3. The molecule has 0 spiro atoms. The molecule has 3 N–H and O–H groups in total. The normalized spacial score (nSPS) is 16.3. The lowest BCUT2D eigenvalue weighted by molar-refractivity contribution is -0.130. The first-order chi connectivity index (χ1) is 13.9. The molecule has 0 bridgehead atoms. The van der Waals surface area contributed by atoms with Gasteiger partial charge in [-0.2, -0.15) is 0 Å². The number of benzene rings is 2. The van der Waals surface area contributed by atoms with Crippen LogP contribution in [0.15, 0.2) is 48.7 Å². The number of H-pyrrole nitrogens is 1. The summed E-state index contributed by atoms with van der Waals surface area (Å²) >= 11 is 0. The number of aromatic amines is 1. The minimum absolute atomic E-state index is 0.00277. The van der Waals surface area contributed by atoms with Crippen molar-refractivity contribution < 1.29 is 18.8 Å². The summed E-state index contributed by atoms with van der Waals surface area (Å²) in [4.78, 5) is 41.1. The molecule has 1 saturated heterocycles. The Balaban J connectivity index is 1.43. The lowest BCUT2D eigenvalue weighted by Gasteiger charge is -2.13. The van der Waals surface area contributed by atoms with Gasteiger partial charge in [-0.15, -0.1) is 0 Å². The lowest BCUT2D eigenvalue weighted by Crippen LogP contribution is -2.38. The number of urea groups is 1. The van der Waals surface area contributed by atoms with E-state index in [0.29, 0.717) is 6.42 Å². The summed E-state index contributed by atoms with van der Waals surface area (Å²) in [5.74, 6) is -1.71. The van der Waals surface area contributed by atoms with Crippen molar-refractivity contribution in [1.82, 2.24) is 15.2 Å². The number of rotatable bonds is 5. The molecular formula is C21H19FN4O3. The van der Waals surface area contributed by atoms with Crippen LogP contribution >= 0.6 is 0 Å². The number of anilines is 1. The van der Waals surface area contributed by atoms with Crippen LogP contribution in [0.1, 0.15) is 11.1 Å². The van der Waals surface area contributed by atoms with Gasteiger partial charge in [-0.1, -0.05) is 24.3 Å². The van der Waals surface area contributed by atoms with Crippen molar-refractivity contribution in [1.29, 1.82) is 0 Å². The predicted molar refractivity (Wildman–Crippen MR) is 106 cm³/mol. The number of aryl methyl sites for hydroxylation is 1. The van der Waals surface area contributed by atoms with E-state index in [4.69, 9.17) is 0 Å². The fourth-order valence-electron chi connectivity index (χ4n) is 3.44. The van der Waals surface area contributed by atoms with E-state index in [2.05, 4.69) is 15.6 Å². The van der Waals surface area contributed by atoms with Crippen molar-refractivity contribution in [2.75, 3.05) is 11.9 Å². The van der Waals surface area contributed by atoms with Gasteiger partial charge in [0.2, 0.25) is 5.91 Å². The average molecular weight is 394 g/mol. The number of amides is 4. The van der Waals surface area contributed by atoms with Gasteiger partial charge in [0.1, 0.15) is 18.4 Å². The molecule has 2 aromatic carbocycles. The molecule has 1 aliphatic rings. The van der Waals surface area contributed by atoms with Gasteiger partial charge in [0, 0.05) is 23.5 Å². The summed E-state index contributed by atoms with van der Waals surface area (Å²) in [5, 5.41) is 5.98. The van der Waals surface area contributed by atoms with Crippen molar-refractivity contribution >= 4 is 34.4 Å². The summed E-state index contributed by atoms with van der Waals surface area (Å²) in [6.45, 7) is 1.25. The van der Waals surface area contributed by atoms with Gasteiger partial charge in [0.25, 0.3) is 5.91 Å². The maximum absolute atomic E-state index is 13.9. The predicted octanol–water partition coefficient (Wildman–Crippen LogP) is 2.72. The summed E-state index contributed by atoms with van der Waals surface area (Å²) in [5.41, 5.74) is 2.56. The van der Waals surface area contributed by atoms with E-state index in [9.17, 15) is 18.8 Å². The highest BCUT2D eigenvalue weighted by Crippen LogP contribution is 2.21. The summed E-state index contributed by atoms with van der Waals surface area (Å²) in [6.07, 6.45) is 2.11. The Morgan fingerprint density at radius 2 is 2.00 bits per heavy atom. The van der Waals surface area contributed by atoms with Crippen LogP contribution in [0.3, 0.4) is 0 Å². The SMILES string of the molecule is Cc1ccc(NC(=O)CN2C(=O)NC(Cc3c[nH]c4ccccc34)C2=O)c(F)c1. The van der Waals surface area contributed by atoms with Gasteiger partial charge in [-0.25, -0.2) is 9.18 Å². The minimum Gasteiger partial charge on any atom is -0.361 e. The van der Waals surface area contributed by atoms with Crippen molar-refractivity contribution in [2.45, 2.75) is 19.4 Å². The van der Waals surface area contributed by atoms with E-state index in [1.807, 2.05) is 24.3 Å². The maximum Gasteiger partial charge on any atom is 0.325 e. The number of carbonyl (C=O) groups excluding carboxylic acids is 3. The van der Waals surface area contributed by atoms with E-state index in [1.54, 1.807) is 19.2 Å². The van der Waals surface area contributed by atoms with Crippen molar-refractivity contribution in [3.05, 3.63) is 65.6 Å². The third kappa shape index (κ3) is 3.69. The molecular weight excluding hydrogens is 375 g/mol. The summed E-state index contributed by atoms with van der Waals surface area (Å²) in [7, 11) is 0. The minimum atomic E-state index is -0.759. The molecule has 0 saturated carbocycles. The van der Waals surface area contributed by atoms with Gasteiger partial charge in [-0.05, 0) is 36.2 Å². The molecule has 0 radical (unpaired) electrons. The standard InChI is InChI=1S/C21H19FN4O3/c1-12-6-7-17(15(22)8-12)24-19(27)11-26-20(28)18(25-21(26)29)9-13-10-23-16-5-3-2-4-14(13)16/h2-8,10,18,23H,9,11H2,1H3,(H,24,27)(H,25,29). The number of fused-ring (bicyclic) bond motifs is 1. The van der Waals surface area contributed by atoms with E-state index in [1.165, 1.54) is 12.1 Å². The number of para-hydroxylation sites is 1. The van der Waals surface area contributed by atoms with E-state index in [-0.39, 0.29) is 5.69 Å². The van der Waals surface area contributed by atoms with Crippen LogP contribution in [0.4, 0.5) is 14.9 Å². The zero-order valence-electron chi connectivity index (χ0n) is 15.7. The first kappa shape index (κ1) is 18.7. The molecule has 148 valence electrons. The van der Waals surface area contributed by atoms with Crippen LogP contribution in [0.5, 0.6) is 0 Å². The van der Waals surface area contributed by atoms with Crippen LogP contribution in [0.2, 0.25) is 0 Å². The zero-order chi connectivity index (χ0) is 20.5. The largest absolute Gasteiger partial charge is 0.361 e. The fraction of sp³-hybridized carbons (Fsp3) is 0.190. The van der Waals surface area contributed by atoms with E-state index < -0.39 is 36.2 Å². The van der Waals surface area contributed by atoms with Gasteiger partial charge in [0.15, 0.2) is 0 Å². The van der Waals surface area contributed by atoms with Crippen LogP contribution in [-0.4, -0.2) is 40.3 Å². The Labute approximate surface area is 165 Å². The van der Waals surface area contributed by atoms with Gasteiger partial charge >= 0.3 is 6.03 Å². The number of nitrogens with one attached hydrogen (secondary N) is 3. The van der Waals surface area contributed by atoms with Gasteiger partial charge in [0.05, 0.1) is 5.69 Å². The molecule has 2 heterocycles. The Morgan fingerprint density at radius 3 is 2.79 bits per heavy atom. The molecule has 3 aromatic rings. The highest BCUT2D eigenvalue weighted by molar-refractivity contribution is 6.08. The summed E-state index contributed by atoms with van der Waals surface area (Å²) < 4.78 is 13.9. The molecule has 1 atom stereocenters. The van der Waals surface area contributed by atoms with Crippen LogP contribution in [0.25, 0.3) is 10.9 Å². The molecule has 29 heavy (non-hydrogen) atoms. The first-order valence-corrected chi connectivity index (χ1v) is 9.15. The number of imide groups is 1. The number of halogens is 1. The monoisotopic (exact) mass is 394 g/mol. The number of carbonyl (C=O) groups is 3. The quantitative estimate of drug-likeness (QED) is 0.581. The molecule has 7 nitrogen and oxygen atoms in total. The Kier molecular flexibility index (Phi) is 4.75. The van der Waals surface area contributed by atoms with Crippen molar-refractivity contribution in [3.63, 3.8) is 0 Å². The highest BCUT2D eigenvalue weighted by atomic mass is 19.1. The Bertz CT molecular complexity index is 1120. The molecule has 1 aliphatic heterocycles.